The van der Waals surface area contributed by atoms with Crippen molar-refractivity contribution in [1.82, 2.24) is 0 Å². The molecule has 3 aromatic rings. The zero-order valence-electron chi connectivity index (χ0n) is 13.1. The summed E-state index contributed by atoms with van der Waals surface area (Å²) in [4.78, 5) is 12.7. The van der Waals surface area contributed by atoms with E-state index in [9.17, 15) is 9.90 Å². The number of aryl methyl sites for hydroxylation is 2. The number of furan rings is 1. The number of fused-ring (bicyclic) bond motifs is 1. The van der Waals surface area contributed by atoms with Crippen LogP contribution in [-0.4, -0.2) is 11.0 Å². The lowest BCUT2D eigenvalue weighted by Gasteiger charge is -2.11. The normalized spacial score (nSPS) is 11.0. The standard InChI is InChI=1S/C18H15Cl2NO3/c1-9-10(2)24-17-12(9)4-3-5-14(17)21-18(23)15-13(19)7-6-11(8-22)16(15)20/h3-7,22H,8H2,1-2H3,(H,21,23). The largest absolute Gasteiger partial charge is 0.459 e. The number of para-hydroxylation sites is 1. The molecule has 4 nitrogen and oxygen atoms in total. The van der Waals surface area contributed by atoms with Crippen LogP contribution in [0.2, 0.25) is 10.0 Å². The van der Waals surface area contributed by atoms with Crippen molar-refractivity contribution in [3.05, 3.63) is 62.8 Å². The molecule has 0 atom stereocenters. The first-order chi connectivity index (χ1) is 11.4. The Morgan fingerprint density at radius 3 is 2.67 bits per heavy atom. The zero-order chi connectivity index (χ0) is 17.4. The first-order valence-electron chi connectivity index (χ1n) is 7.31. The Bertz CT molecular complexity index is 947. The summed E-state index contributed by atoms with van der Waals surface area (Å²) in [6.45, 7) is 3.56. The highest BCUT2D eigenvalue weighted by atomic mass is 35.5. The fraction of sp³-hybridized carbons (Fsp3) is 0.167. The lowest BCUT2D eigenvalue weighted by molar-refractivity contribution is 0.102. The van der Waals surface area contributed by atoms with Crippen LogP contribution in [0.15, 0.2) is 34.7 Å². The highest BCUT2D eigenvalue weighted by Gasteiger charge is 2.19. The molecule has 1 aromatic heterocycles. The monoisotopic (exact) mass is 363 g/mol. The fourth-order valence-corrected chi connectivity index (χ4v) is 3.17. The minimum absolute atomic E-state index is 0.127. The van der Waals surface area contributed by atoms with Gasteiger partial charge in [0, 0.05) is 5.39 Å². The molecular formula is C18H15Cl2NO3. The van der Waals surface area contributed by atoms with E-state index in [1.165, 1.54) is 6.07 Å². The summed E-state index contributed by atoms with van der Waals surface area (Å²) >= 11 is 12.3. The van der Waals surface area contributed by atoms with E-state index in [1.807, 2.05) is 26.0 Å². The summed E-state index contributed by atoms with van der Waals surface area (Å²) < 4.78 is 5.75. The van der Waals surface area contributed by atoms with Crippen molar-refractivity contribution in [2.45, 2.75) is 20.5 Å². The van der Waals surface area contributed by atoms with Gasteiger partial charge in [-0.05, 0) is 37.1 Å². The molecule has 0 aliphatic carbocycles. The average molecular weight is 364 g/mol. The number of carbonyl (C=O) groups is 1. The highest BCUT2D eigenvalue weighted by Crippen LogP contribution is 2.33. The van der Waals surface area contributed by atoms with Crippen molar-refractivity contribution >= 4 is 45.8 Å². The van der Waals surface area contributed by atoms with Crippen LogP contribution >= 0.6 is 23.2 Å². The van der Waals surface area contributed by atoms with Gasteiger partial charge in [0.2, 0.25) is 0 Å². The van der Waals surface area contributed by atoms with E-state index in [2.05, 4.69) is 5.32 Å². The topological polar surface area (TPSA) is 62.5 Å². The smallest absolute Gasteiger partial charge is 0.258 e. The molecule has 0 saturated carbocycles. The van der Waals surface area contributed by atoms with Crippen LogP contribution in [0.1, 0.15) is 27.2 Å². The Morgan fingerprint density at radius 2 is 1.96 bits per heavy atom. The molecule has 1 heterocycles. The van der Waals surface area contributed by atoms with E-state index < -0.39 is 5.91 Å². The number of hydrogen-bond acceptors (Lipinski definition) is 3. The van der Waals surface area contributed by atoms with Crippen LogP contribution in [0.25, 0.3) is 11.0 Å². The Labute approximate surface area is 149 Å². The summed E-state index contributed by atoms with van der Waals surface area (Å²) in [6.07, 6.45) is 0. The predicted octanol–water partition coefficient (Wildman–Crippen LogP) is 5.10. The maximum absolute atomic E-state index is 12.7. The maximum atomic E-state index is 12.7. The third kappa shape index (κ3) is 2.77. The number of halogens is 2. The van der Waals surface area contributed by atoms with E-state index in [-0.39, 0.29) is 22.2 Å². The second kappa shape index (κ2) is 6.48. The van der Waals surface area contributed by atoms with Crippen LogP contribution < -0.4 is 5.32 Å². The summed E-state index contributed by atoms with van der Waals surface area (Å²) in [7, 11) is 0. The van der Waals surface area contributed by atoms with E-state index >= 15 is 0 Å². The van der Waals surface area contributed by atoms with E-state index in [0.717, 1.165) is 16.7 Å². The highest BCUT2D eigenvalue weighted by molar-refractivity contribution is 6.41. The number of rotatable bonds is 3. The molecule has 2 N–H and O–H groups in total. The van der Waals surface area contributed by atoms with Crippen LogP contribution in [0.3, 0.4) is 0 Å². The Balaban J connectivity index is 2.04. The molecule has 124 valence electrons. The van der Waals surface area contributed by atoms with Gasteiger partial charge in [-0.2, -0.15) is 0 Å². The van der Waals surface area contributed by atoms with Crippen molar-refractivity contribution in [2.75, 3.05) is 5.32 Å². The van der Waals surface area contributed by atoms with Gasteiger partial charge in [0.1, 0.15) is 5.76 Å². The summed E-state index contributed by atoms with van der Waals surface area (Å²) in [5.41, 5.74) is 2.73. The lowest BCUT2D eigenvalue weighted by atomic mass is 10.1. The van der Waals surface area contributed by atoms with Gasteiger partial charge in [-0.1, -0.05) is 41.4 Å². The third-order valence-electron chi connectivity index (χ3n) is 4.02. The summed E-state index contributed by atoms with van der Waals surface area (Å²) in [6, 6.07) is 8.65. The van der Waals surface area contributed by atoms with E-state index in [0.29, 0.717) is 16.8 Å². The summed E-state index contributed by atoms with van der Waals surface area (Å²) in [5, 5.41) is 13.4. The molecule has 0 radical (unpaired) electrons. The number of hydrogen-bond donors (Lipinski definition) is 2. The molecule has 0 unspecified atom stereocenters. The number of benzene rings is 2. The molecule has 24 heavy (non-hydrogen) atoms. The molecule has 0 fully saturated rings. The van der Waals surface area contributed by atoms with Crippen molar-refractivity contribution < 1.29 is 14.3 Å². The van der Waals surface area contributed by atoms with Gasteiger partial charge in [-0.15, -0.1) is 0 Å². The van der Waals surface area contributed by atoms with Gasteiger partial charge in [0.25, 0.3) is 5.91 Å². The number of carbonyl (C=O) groups excluding carboxylic acids is 1. The Morgan fingerprint density at radius 1 is 1.21 bits per heavy atom. The third-order valence-corrected chi connectivity index (χ3v) is 4.77. The number of aliphatic hydroxyl groups excluding tert-OH is 1. The second-order valence-corrected chi connectivity index (χ2v) is 6.26. The Kier molecular flexibility index (Phi) is 4.54. The number of anilines is 1. The average Bonchev–Trinajstić information content (AvgIpc) is 2.84. The first-order valence-corrected chi connectivity index (χ1v) is 8.07. The molecular weight excluding hydrogens is 349 g/mol. The van der Waals surface area contributed by atoms with Gasteiger partial charge in [0.05, 0.1) is 27.9 Å². The molecule has 0 saturated heterocycles. The molecule has 2 aromatic carbocycles. The van der Waals surface area contributed by atoms with Gasteiger partial charge < -0.3 is 14.8 Å². The van der Waals surface area contributed by atoms with Gasteiger partial charge >= 0.3 is 0 Å². The molecule has 0 bridgehead atoms. The molecule has 3 rings (SSSR count). The van der Waals surface area contributed by atoms with E-state index in [4.69, 9.17) is 27.6 Å². The molecule has 1 amide bonds. The molecule has 6 heteroatoms. The van der Waals surface area contributed by atoms with Gasteiger partial charge in [0.15, 0.2) is 5.58 Å². The molecule has 0 spiro atoms. The van der Waals surface area contributed by atoms with Crippen molar-refractivity contribution in [3.63, 3.8) is 0 Å². The quantitative estimate of drug-likeness (QED) is 0.680. The number of aliphatic hydroxyl groups is 1. The van der Waals surface area contributed by atoms with Crippen molar-refractivity contribution in [2.24, 2.45) is 0 Å². The Hall–Kier alpha value is -2.01. The van der Waals surface area contributed by atoms with Crippen molar-refractivity contribution in [1.29, 1.82) is 0 Å². The minimum Gasteiger partial charge on any atom is -0.459 e. The van der Waals surface area contributed by atoms with Gasteiger partial charge in [-0.25, -0.2) is 0 Å². The predicted molar refractivity (Wildman–Crippen MR) is 96.0 cm³/mol. The summed E-state index contributed by atoms with van der Waals surface area (Å²) in [5.74, 6) is 0.338. The minimum atomic E-state index is -0.459. The van der Waals surface area contributed by atoms with Crippen LogP contribution in [0.5, 0.6) is 0 Å². The maximum Gasteiger partial charge on any atom is 0.258 e. The van der Waals surface area contributed by atoms with Crippen LogP contribution in [0.4, 0.5) is 5.69 Å². The molecule has 0 aliphatic heterocycles. The fourth-order valence-electron chi connectivity index (χ4n) is 2.57. The first kappa shape index (κ1) is 16.8. The zero-order valence-corrected chi connectivity index (χ0v) is 14.6. The van der Waals surface area contributed by atoms with Crippen molar-refractivity contribution in [3.8, 4) is 0 Å². The number of nitrogens with one attached hydrogen (secondary N) is 1. The van der Waals surface area contributed by atoms with Crippen LogP contribution in [0, 0.1) is 13.8 Å². The molecule has 0 aliphatic rings. The van der Waals surface area contributed by atoms with Crippen LogP contribution in [-0.2, 0) is 6.61 Å². The lowest BCUT2D eigenvalue weighted by Crippen LogP contribution is -2.14. The number of amides is 1. The van der Waals surface area contributed by atoms with E-state index in [1.54, 1.807) is 12.1 Å². The van der Waals surface area contributed by atoms with Gasteiger partial charge in [-0.3, -0.25) is 4.79 Å². The second-order valence-electron chi connectivity index (χ2n) is 5.47. The SMILES string of the molecule is Cc1oc2c(NC(=O)c3c(Cl)ccc(CO)c3Cl)cccc2c1C.